The highest BCUT2D eigenvalue weighted by Crippen LogP contribution is 2.19. The highest BCUT2D eigenvalue weighted by Gasteiger charge is 2.04. The van der Waals surface area contributed by atoms with Crippen molar-refractivity contribution < 1.29 is 0 Å². The molecule has 6 heteroatoms. The van der Waals surface area contributed by atoms with Gasteiger partial charge in [-0.2, -0.15) is 0 Å². The van der Waals surface area contributed by atoms with E-state index in [0.29, 0.717) is 23.3 Å². The minimum atomic E-state index is 0.592. The van der Waals surface area contributed by atoms with Crippen molar-refractivity contribution in [3.63, 3.8) is 0 Å². The van der Waals surface area contributed by atoms with Crippen LogP contribution in [0, 0.1) is 6.92 Å². The first-order valence-corrected chi connectivity index (χ1v) is 10.2. The third-order valence-electron chi connectivity index (χ3n) is 4.32. The Morgan fingerprint density at radius 1 is 0.690 bits per heavy atom. The zero-order chi connectivity index (χ0) is 20.5. The van der Waals surface area contributed by atoms with E-state index in [4.69, 9.17) is 24.4 Å². The molecule has 0 heterocycles. The Kier molecular flexibility index (Phi) is 7.55. The fourth-order valence-corrected chi connectivity index (χ4v) is 3.15. The van der Waals surface area contributed by atoms with Gasteiger partial charge in [-0.05, 0) is 66.2 Å². The number of rotatable bonds is 6. The van der Waals surface area contributed by atoms with E-state index < -0.39 is 0 Å². The van der Waals surface area contributed by atoms with Crippen molar-refractivity contribution in [3.8, 4) is 0 Å². The van der Waals surface area contributed by atoms with Crippen LogP contribution in [0.1, 0.15) is 16.7 Å². The predicted molar refractivity (Wildman–Crippen MR) is 130 cm³/mol. The van der Waals surface area contributed by atoms with Crippen LogP contribution >= 0.6 is 24.4 Å². The minimum absolute atomic E-state index is 0.592. The molecule has 0 aliphatic carbocycles. The summed E-state index contributed by atoms with van der Waals surface area (Å²) in [5, 5.41) is 14.1. The minimum Gasteiger partial charge on any atom is -0.358 e. The molecule has 4 N–H and O–H groups in total. The van der Waals surface area contributed by atoms with Crippen LogP contribution in [0.2, 0.25) is 0 Å². The fraction of sp³-hybridized carbons (Fsp3) is 0.130. The first kappa shape index (κ1) is 20.8. The molecule has 0 bridgehead atoms. The molecule has 0 fully saturated rings. The van der Waals surface area contributed by atoms with Crippen molar-refractivity contribution in [2.45, 2.75) is 20.0 Å². The van der Waals surface area contributed by atoms with E-state index in [1.165, 1.54) is 11.1 Å². The van der Waals surface area contributed by atoms with E-state index in [1.807, 2.05) is 61.5 Å². The molecule has 3 aromatic carbocycles. The molecule has 148 valence electrons. The Balaban J connectivity index is 1.48. The highest BCUT2D eigenvalue weighted by atomic mass is 32.1. The number of benzene rings is 3. The third-order valence-corrected chi connectivity index (χ3v) is 4.82. The van der Waals surface area contributed by atoms with Crippen molar-refractivity contribution in [1.82, 2.24) is 10.6 Å². The standard InChI is InChI=1S/C23H24N4S2/c1-17-14-20(26-22(28)24-15-18-8-4-2-5-9-18)12-13-21(17)27-23(29)25-16-19-10-6-3-7-11-19/h2-14H,15-16H2,1H3,(H2,24,26,28)(H2,25,27,29). The van der Waals surface area contributed by atoms with Gasteiger partial charge in [-0.15, -0.1) is 0 Å². The second kappa shape index (κ2) is 10.5. The van der Waals surface area contributed by atoms with Gasteiger partial charge in [0.2, 0.25) is 0 Å². The molecule has 0 radical (unpaired) electrons. The van der Waals surface area contributed by atoms with Crippen molar-refractivity contribution >= 4 is 46.0 Å². The van der Waals surface area contributed by atoms with E-state index in [2.05, 4.69) is 45.5 Å². The Bertz CT molecular complexity index is 959. The number of hydrogen-bond acceptors (Lipinski definition) is 2. The number of nitrogens with one attached hydrogen (secondary N) is 4. The van der Waals surface area contributed by atoms with Crippen molar-refractivity contribution in [1.29, 1.82) is 0 Å². The summed E-state index contributed by atoms with van der Waals surface area (Å²) < 4.78 is 0. The molecule has 3 aromatic rings. The van der Waals surface area contributed by atoms with Gasteiger partial charge >= 0.3 is 0 Å². The zero-order valence-electron chi connectivity index (χ0n) is 16.2. The SMILES string of the molecule is Cc1cc(NC(=S)NCc2ccccc2)ccc1NC(=S)NCc1ccccc1. The van der Waals surface area contributed by atoms with E-state index in [0.717, 1.165) is 16.9 Å². The molecular formula is C23H24N4S2. The Morgan fingerprint density at radius 3 is 1.72 bits per heavy atom. The Labute approximate surface area is 182 Å². The van der Waals surface area contributed by atoms with Crippen LogP contribution < -0.4 is 21.3 Å². The topological polar surface area (TPSA) is 48.1 Å². The van der Waals surface area contributed by atoms with Gasteiger partial charge in [0.05, 0.1) is 0 Å². The van der Waals surface area contributed by atoms with Crippen LogP contribution in [0.4, 0.5) is 11.4 Å². The average molecular weight is 421 g/mol. The van der Waals surface area contributed by atoms with Crippen molar-refractivity contribution in [2.75, 3.05) is 10.6 Å². The van der Waals surface area contributed by atoms with Crippen molar-refractivity contribution in [3.05, 3.63) is 95.6 Å². The second-order valence-corrected chi connectivity index (χ2v) is 7.43. The number of aryl methyl sites for hydroxylation is 1. The molecule has 0 amide bonds. The summed E-state index contributed by atoms with van der Waals surface area (Å²) in [5.74, 6) is 0. The van der Waals surface area contributed by atoms with E-state index in [1.54, 1.807) is 0 Å². The lowest BCUT2D eigenvalue weighted by Gasteiger charge is -2.15. The monoisotopic (exact) mass is 420 g/mol. The number of hydrogen-bond donors (Lipinski definition) is 4. The molecule has 0 saturated carbocycles. The zero-order valence-corrected chi connectivity index (χ0v) is 17.9. The summed E-state index contributed by atoms with van der Waals surface area (Å²) in [5.41, 5.74) is 5.34. The maximum atomic E-state index is 5.41. The molecule has 0 saturated heterocycles. The smallest absolute Gasteiger partial charge is 0.171 e. The largest absolute Gasteiger partial charge is 0.358 e. The van der Waals surface area contributed by atoms with E-state index >= 15 is 0 Å². The van der Waals surface area contributed by atoms with Crippen LogP contribution in [0.3, 0.4) is 0 Å². The summed E-state index contributed by atoms with van der Waals surface area (Å²) in [7, 11) is 0. The van der Waals surface area contributed by atoms with Gasteiger partial charge in [-0.1, -0.05) is 60.7 Å². The van der Waals surface area contributed by atoms with Crippen LogP contribution in [0.15, 0.2) is 78.9 Å². The first-order valence-electron chi connectivity index (χ1n) is 9.38. The molecule has 4 nitrogen and oxygen atoms in total. The van der Waals surface area contributed by atoms with E-state index in [-0.39, 0.29) is 0 Å². The molecule has 3 rings (SSSR count). The molecule has 0 unspecified atom stereocenters. The van der Waals surface area contributed by atoms with Gasteiger partial charge < -0.3 is 21.3 Å². The van der Waals surface area contributed by atoms with Crippen LogP contribution in [0.25, 0.3) is 0 Å². The van der Waals surface area contributed by atoms with Gasteiger partial charge in [0.15, 0.2) is 10.2 Å². The van der Waals surface area contributed by atoms with Crippen molar-refractivity contribution in [2.24, 2.45) is 0 Å². The van der Waals surface area contributed by atoms with Gasteiger partial charge in [0, 0.05) is 24.5 Å². The van der Waals surface area contributed by atoms with Crippen LogP contribution in [0.5, 0.6) is 0 Å². The van der Waals surface area contributed by atoms with Gasteiger partial charge in [0.25, 0.3) is 0 Å². The summed E-state index contributed by atoms with van der Waals surface area (Å²) in [6, 6.07) is 26.3. The van der Waals surface area contributed by atoms with E-state index in [9.17, 15) is 0 Å². The lowest BCUT2D eigenvalue weighted by Crippen LogP contribution is -2.28. The predicted octanol–water partition coefficient (Wildman–Crippen LogP) is 4.97. The molecule has 0 aliphatic rings. The maximum absolute atomic E-state index is 5.41. The molecule has 0 atom stereocenters. The summed E-state index contributed by atoms with van der Waals surface area (Å²) in [6.07, 6.45) is 0. The Hall–Kier alpha value is -2.96. The van der Waals surface area contributed by atoms with Crippen LogP contribution in [-0.4, -0.2) is 10.2 Å². The molecular weight excluding hydrogens is 396 g/mol. The normalized spacial score (nSPS) is 10.1. The highest BCUT2D eigenvalue weighted by molar-refractivity contribution is 7.80. The lowest BCUT2D eigenvalue weighted by atomic mass is 10.2. The third kappa shape index (κ3) is 6.85. The van der Waals surface area contributed by atoms with Gasteiger partial charge in [-0.25, -0.2) is 0 Å². The average Bonchev–Trinajstić information content (AvgIpc) is 2.74. The molecule has 0 aliphatic heterocycles. The second-order valence-electron chi connectivity index (χ2n) is 6.62. The molecule has 0 spiro atoms. The quantitative estimate of drug-likeness (QED) is 0.423. The molecule has 29 heavy (non-hydrogen) atoms. The van der Waals surface area contributed by atoms with Gasteiger partial charge in [-0.3, -0.25) is 0 Å². The summed E-state index contributed by atoms with van der Waals surface area (Å²) >= 11 is 10.8. The summed E-state index contributed by atoms with van der Waals surface area (Å²) in [6.45, 7) is 3.41. The fourth-order valence-electron chi connectivity index (χ4n) is 2.78. The molecule has 0 aromatic heterocycles. The first-order chi connectivity index (χ1) is 14.1. The van der Waals surface area contributed by atoms with Crippen LogP contribution in [-0.2, 0) is 13.1 Å². The number of anilines is 2. The number of thiocarbonyl (C=S) groups is 2. The Morgan fingerprint density at radius 2 is 1.21 bits per heavy atom. The maximum Gasteiger partial charge on any atom is 0.171 e. The van der Waals surface area contributed by atoms with Gasteiger partial charge in [0.1, 0.15) is 0 Å². The summed E-state index contributed by atoms with van der Waals surface area (Å²) in [4.78, 5) is 0. The lowest BCUT2D eigenvalue weighted by molar-refractivity contribution is 0.925.